The maximum absolute atomic E-state index is 12.7. The van der Waals surface area contributed by atoms with Crippen molar-refractivity contribution in [1.29, 1.82) is 0 Å². The zero-order chi connectivity index (χ0) is 27.3. The lowest BCUT2D eigenvalue weighted by molar-refractivity contribution is -0.0116. The number of rotatable bonds is 11. The topological polar surface area (TPSA) is 46.5 Å². The first-order chi connectivity index (χ1) is 18.1. The fourth-order valence-electron chi connectivity index (χ4n) is 8.39. The minimum atomic E-state index is -0.537. The molecule has 2 saturated carbocycles. The van der Waals surface area contributed by atoms with Crippen molar-refractivity contribution in [3.8, 4) is 0 Å². The Balaban J connectivity index is 1.33. The van der Waals surface area contributed by atoms with Crippen LogP contribution in [0, 0.1) is 35.0 Å². The van der Waals surface area contributed by atoms with Gasteiger partial charge in [-0.1, -0.05) is 82.7 Å². The van der Waals surface area contributed by atoms with E-state index in [9.17, 15) is 9.90 Å². The molecule has 38 heavy (non-hydrogen) atoms. The van der Waals surface area contributed by atoms with Crippen molar-refractivity contribution in [2.24, 2.45) is 35.0 Å². The van der Waals surface area contributed by atoms with Gasteiger partial charge in [-0.05, 0) is 106 Å². The lowest BCUT2D eigenvalue weighted by Crippen LogP contribution is -2.46. The predicted octanol–water partition coefficient (Wildman–Crippen LogP) is 9.15. The SMILES string of the molecule is CC[C@H](CC[C@@H]1CCC[C@H]2[C@H]1CC=C1C[C@@H](OC(=O)c3ccccc3)CC[C@@]12C)[C@H](C)CCCC(C)(C)O. The summed E-state index contributed by atoms with van der Waals surface area (Å²) in [5.41, 5.74) is 1.98. The molecule has 3 aliphatic rings. The van der Waals surface area contributed by atoms with Crippen molar-refractivity contribution in [2.45, 2.75) is 130 Å². The van der Waals surface area contributed by atoms with Gasteiger partial charge in [0.05, 0.1) is 11.2 Å². The Morgan fingerprint density at radius 2 is 1.92 bits per heavy atom. The van der Waals surface area contributed by atoms with Crippen molar-refractivity contribution < 1.29 is 14.6 Å². The normalized spacial score (nSPS) is 30.9. The summed E-state index contributed by atoms with van der Waals surface area (Å²) in [6, 6.07) is 9.44. The summed E-state index contributed by atoms with van der Waals surface area (Å²) in [6.07, 6.45) is 18.3. The average Bonchev–Trinajstić information content (AvgIpc) is 2.89. The Kier molecular flexibility index (Phi) is 9.82. The predicted molar refractivity (Wildman–Crippen MR) is 157 cm³/mol. The summed E-state index contributed by atoms with van der Waals surface area (Å²) in [5, 5.41) is 10.1. The van der Waals surface area contributed by atoms with Gasteiger partial charge in [0.1, 0.15) is 6.10 Å². The molecule has 3 nitrogen and oxygen atoms in total. The maximum Gasteiger partial charge on any atom is 0.338 e. The molecule has 0 bridgehead atoms. The summed E-state index contributed by atoms with van der Waals surface area (Å²) in [7, 11) is 0. The number of carbonyl (C=O) groups is 1. The van der Waals surface area contributed by atoms with E-state index in [-0.39, 0.29) is 17.5 Å². The molecule has 0 radical (unpaired) electrons. The molecule has 7 atom stereocenters. The van der Waals surface area contributed by atoms with Gasteiger partial charge in [-0.15, -0.1) is 0 Å². The van der Waals surface area contributed by atoms with E-state index < -0.39 is 5.60 Å². The number of allylic oxidation sites excluding steroid dienone is 1. The average molecular weight is 523 g/mol. The van der Waals surface area contributed by atoms with E-state index in [1.165, 1.54) is 51.4 Å². The van der Waals surface area contributed by atoms with E-state index in [0.29, 0.717) is 5.56 Å². The third-order valence-electron chi connectivity index (χ3n) is 10.8. The van der Waals surface area contributed by atoms with E-state index in [1.54, 1.807) is 5.57 Å². The van der Waals surface area contributed by atoms with Crippen LogP contribution in [0.4, 0.5) is 0 Å². The van der Waals surface area contributed by atoms with E-state index in [4.69, 9.17) is 4.74 Å². The smallest absolute Gasteiger partial charge is 0.338 e. The molecule has 212 valence electrons. The Hall–Kier alpha value is -1.61. The highest BCUT2D eigenvalue weighted by Gasteiger charge is 2.50. The highest BCUT2D eigenvalue weighted by molar-refractivity contribution is 5.89. The van der Waals surface area contributed by atoms with E-state index in [2.05, 4.69) is 26.8 Å². The highest BCUT2D eigenvalue weighted by atomic mass is 16.5. The molecule has 0 amide bonds. The van der Waals surface area contributed by atoms with Crippen LogP contribution >= 0.6 is 0 Å². The van der Waals surface area contributed by atoms with Gasteiger partial charge >= 0.3 is 5.97 Å². The van der Waals surface area contributed by atoms with Crippen molar-refractivity contribution >= 4 is 5.97 Å². The van der Waals surface area contributed by atoms with Gasteiger partial charge < -0.3 is 9.84 Å². The van der Waals surface area contributed by atoms with Gasteiger partial charge in [0.15, 0.2) is 0 Å². The van der Waals surface area contributed by atoms with Gasteiger partial charge in [-0.25, -0.2) is 4.79 Å². The van der Waals surface area contributed by atoms with Crippen LogP contribution in [0.2, 0.25) is 0 Å². The largest absolute Gasteiger partial charge is 0.458 e. The molecule has 0 spiro atoms. The number of hydrogen-bond donors (Lipinski definition) is 1. The number of fused-ring (bicyclic) bond motifs is 3. The number of esters is 1. The van der Waals surface area contributed by atoms with Crippen LogP contribution in [0.3, 0.4) is 0 Å². The highest BCUT2D eigenvalue weighted by Crippen LogP contribution is 2.58. The summed E-state index contributed by atoms with van der Waals surface area (Å²) >= 11 is 0. The molecule has 3 heteroatoms. The van der Waals surface area contributed by atoms with Crippen molar-refractivity contribution in [3.05, 3.63) is 47.5 Å². The van der Waals surface area contributed by atoms with Crippen LogP contribution < -0.4 is 0 Å². The van der Waals surface area contributed by atoms with E-state index >= 15 is 0 Å². The molecule has 1 N–H and O–H groups in total. The second-order valence-electron chi connectivity index (χ2n) is 13.9. The molecule has 0 unspecified atom stereocenters. The van der Waals surface area contributed by atoms with Gasteiger partial charge in [0.2, 0.25) is 0 Å². The third kappa shape index (κ3) is 7.12. The van der Waals surface area contributed by atoms with Crippen LogP contribution in [-0.2, 0) is 4.74 Å². The first-order valence-electron chi connectivity index (χ1n) is 15.8. The summed E-state index contributed by atoms with van der Waals surface area (Å²) in [5.74, 6) is 3.84. The molecule has 0 saturated heterocycles. The molecule has 4 rings (SSSR count). The van der Waals surface area contributed by atoms with Crippen LogP contribution in [-0.4, -0.2) is 22.8 Å². The second kappa shape index (κ2) is 12.7. The first kappa shape index (κ1) is 29.4. The monoisotopic (exact) mass is 522 g/mol. The van der Waals surface area contributed by atoms with Gasteiger partial charge in [-0.2, -0.15) is 0 Å². The second-order valence-corrected chi connectivity index (χ2v) is 13.9. The summed E-state index contributed by atoms with van der Waals surface area (Å²) in [4.78, 5) is 12.7. The minimum absolute atomic E-state index is 0.0150. The van der Waals surface area contributed by atoms with E-state index in [1.807, 2.05) is 44.2 Å². The molecule has 3 aliphatic carbocycles. The Morgan fingerprint density at radius 3 is 2.63 bits per heavy atom. The fourth-order valence-corrected chi connectivity index (χ4v) is 8.39. The standard InChI is InChI=1S/C35H54O3/c1-6-26(25(2)12-11-22-34(3,4)37)17-18-27-15-10-16-32-31(27)20-19-29-24-30(21-23-35(29,32)5)38-33(36)28-13-8-7-9-14-28/h7-9,13-14,19,25-27,30-32,37H,6,10-12,15-18,20-24H2,1-5H3/t25-,26-,27+,30+,31+,32+,35+/m1/s1. The zero-order valence-corrected chi connectivity index (χ0v) is 24.9. The minimum Gasteiger partial charge on any atom is -0.458 e. The van der Waals surface area contributed by atoms with Gasteiger partial charge in [-0.3, -0.25) is 0 Å². The summed E-state index contributed by atoms with van der Waals surface area (Å²) in [6.45, 7) is 11.2. The van der Waals surface area contributed by atoms with Crippen LogP contribution in [0.5, 0.6) is 0 Å². The maximum atomic E-state index is 12.7. The van der Waals surface area contributed by atoms with Crippen molar-refractivity contribution in [2.75, 3.05) is 0 Å². The number of aliphatic hydroxyl groups is 1. The third-order valence-corrected chi connectivity index (χ3v) is 10.8. The summed E-state index contributed by atoms with van der Waals surface area (Å²) < 4.78 is 5.98. The van der Waals surface area contributed by atoms with Crippen LogP contribution in [0.25, 0.3) is 0 Å². The quantitative estimate of drug-likeness (QED) is 0.233. The zero-order valence-electron chi connectivity index (χ0n) is 24.9. The molecule has 0 aromatic heterocycles. The first-order valence-corrected chi connectivity index (χ1v) is 15.8. The molecule has 1 aromatic carbocycles. The Labute approximate surface area is 232 Å². The van der Waals surface area contributed by atoms with Crippen LogP contribution in [0.1, 0.15) is 128 Å². The molecule has 0 aliphatic heterocycles. The fraction of sp³-hybridized carbons (Fsp3) is 0.743. The Morgan fingerprint density at radius 1 is 1.16 bits per heavy atom. The molecule has 0 heterocycles. The van der Waals surface area contributed by atoms with Gasteiger partial charge in [0, 0.05) is 6.42 Å². The number of ether oxygens (including phenoxy) is 1. The Bertz CT molecular complexity index is 928. The molecular weight excluding hydrogens is 468 g/mol. The van der Waals surface area contributed by atoms with Crippen molar-refractivity contribution in [1.82, 2.24) is 0 Å². The number of carbonyl (C=O) groups excluding carboxylic acids is 1. The number of benzene rings is 1. The van der Waals surface area contributed by atoms with Crippen LogP contribution in [0.15, 0.2) is 42.0 Å². The lowest BCUT2D eigenvalue weighted by Gasteiger charge is -2.54. The number of hydrogen-bond acceptors (Lipinski definition) is 3. The molecule has 1 aromatic rings. The van der Waals surface area contributed by atoms with Crippen molar-refractivity contribution in [3.63, 3.8) is 0 Å². The van der Waals surface area contributed by atoms with Gasteiger partial charge in [0.25, 0.3) is 0 Å². The lowest BCUT2D eigenvalue weighted by atomic mass is 9.51. The molecule has 2 fully saturated rings. The molecular formula is C35H54O3. The van der Waals surface area contributed by atoms with E-state index in [0.717, 1.165) is 61.7 Å².